The Morgan fingerprint density at radius 3 is 2.29 bits per heavy atom. The van der Waals surface area contributed by atoms with Gasteiger partial charge < -0.3 is 9.47 Å². The summed E-state index contributed by atoms with van der Waals surface area (Å²) in [6, 6.07) is 21.2. The lowest BCUT2D eigenvalue weighted by Crippen LogP contribution is -2.28. The fraction of sp³-hybridized carbons (Fsp3) is 0.182. The first kappa shape index (κ1) is 20.8. The first-order valence-corrected chi connectivity index (χ1v) is 11.2. The van der Waals surface area contributed by atoms with Gasteiger partial charge in [-0.05, 0) is 29.8 Å². The molecule has 31 heavy (non-hydrogen) atoms. The highest BCUT2D eigenvalue weighted by Crippen LogP contribution is 2.39. The van der Waals surface area contributed by atoms with E-state index in [1.165, 1.54) is 18.2 Å². The molecular weight excluding hydrogens is 420 g/mol. The van der Waals surface area contributed by atoms with E-state index in [4.69, 9.17) is 9.47 Å². The van der Waals surface area contributed by atoms with Crippen molar-refractivity contribution in [1.82, 2.24) is 0 Å². The molecule has 1 atom stereocenters. The van der Waals surface area contributed by atoms with Gasteiger partial charge in [0.05, 0.1) is 29.0 Å². The van der Waals surface area contributed by atoms with Crippen molar-refractivity contribution in [2.45, 2.75) is 11.9 Å². The zero-order valence-electron chi connectivity index (χ0n) is 16.5. The summed E-state index contributed by atoms with van der Waals surface area (Å²) in [6.07, 6.45) is -0.00852. The van der Waals surface area contributed by atoms with E-state index in [1.54, 1.807) is 60.7 Å². The van der Waals surface area contributed by atoms with Crippen LogP contribution in [0.5, 0.6) is 5.75 Å². The van der Waals surface area contributed by atoms with Crippen LogP contribution < -0.4 is 9.04 Å². The van der Waals surface area contributed by atoms with Gasteiger partial charge in [0.25, 0.3) is 5.69 Å². The molecule has 9 heteroatoms. The van der Waals surface area contributed by atoms with Crippen LogP contribution in [-0.2, 0) is 20.5 Å². The van der Waals surface area contributed by atoms with Crippen LogP contribution in [0.3, 0.4) is 0 Å². The fourth-order valence-electron chi connectivity index (χ4n) is 3.13. The molecule has 8 nitrogen and oxygen atoms in total. The van der Waals surface area contributed by atoms with Crippen LogP contribution >= 0.6 is 0 Å². The van der Waals surface area contributed by atoms with E-state index in [2.05, 4.69) is 0 Å². The van der Waals surface area contributed by atoms with Crippen molar-refractivity contribution in [2.24, 2.45) is 0 Å². The summed E-state index contributed by atoms with van der Waals surface area (Å²) in [6.45, 7) is 0.880. The van der Waals surface area contributed by atoms with Gasteiger partial charge in [-0.25, -0.2) is 12.7 Å². The highest BCUT2D eigenvalue weighted by atomic mass is 32.2. The van der Waals surface area contributed by atoms with Crippen LogP contribution in [0.4, 0.5) is 17.1 Å². The smallest absolute Gasteiger partial charge is 0.297 e. The summed E-state index contributed by atoms with van der Waals surface area (Å²) >= 11 is 0. The molecule has 3 aromatic rings. The summed E-state index contributed by atoms with van der Waals surface area (Å²) in [5.74, 6) is -0.0311. The molecule has 0 spiro atoms. The number of sulfonamides is 1. The molecule has 1 fully saturated rings. The minimum absolute atomic E-state index is 0.00852. The lowest BCUT2D eigenvalue weighted by Gasteiger charge is -2.24. The summed E-state index contributed by atoms with van der Waals surface area (Å²) in [7, 11) is -4.00. The lowest BCUT2D eigenvalue weighted by atomic mass is 10.2. The molecule has 0 bridgehead atoms. The van der Waals surface area contributed by atoms with Crippen molar-refractivity contribution in [2.75, 3.05) is 17.5 Å². The number of epoxide rings is 1. The monoisotopic (exact) mass is 440 g/mol. The number of nitro benzene ring substituents is 1. The molecule has 0 aromatic heterocycles. The SMILES string of the molecule is O=[N+]([O-])c1cc(OCC2CO2)ccc1N(c1ccccc1)S(=O)(=O)Cc1ccccc1. The van der Waals surface area contributed by atoms with Crippen LogP contribution in [0.25, 0.3) is 0 Å². The number of nitro groups is 1. The largest absolute Gasteiger partial charge is 0.491 e. The number of para-hydroxylation sites is 1. The van der Waals surface area contributed by atoms with E-state index in [0.29, 0.717) is 17.9 Å². The van der Waals surface area contributed by atoms with Crippen LogP contribution in [0.15, 0.2) is 78.9 Å². The highest BCUT2D eigenvalue weighted by molar-refractivity contribution is 7.92. The van der Waals surface area contributed by atoms with E-state index < -0.39 is 14.9 Å². The minimum Gasteiger partial charge on any atom is -0.491 e. The molecule has 4 rings (SSSR count). The Morgan fingerprint density at radius 2 is 1.68 bits per heavy atom. The Bertz CT molecular complexity index is 1170. The van der Waals surface area contributed by atoms with Gasteiger partial charge in [0, 0.05) is 0 Å². The first-order valence-electron chi connectivity index (χ1n) is 9.59. The van der Waals surface area contributed by atoms with Crippen molar-refractivity contribution in [3.63, 3.8) is 0 Å². The van der Waals surface area contributed by atoms with Gasteiger partial charge >= 0.3 is 0 Å². The molecule has 1 unspecified atom stereocenters. The maximum atomic E-state index is 13.4. The molecular formula is C22H20N2O6S. The van der Waals surface area contributed by atoms with Crippen molar-refractivity contribution in [3.8, 4) is 5.75 Å². The summed E-state index contributed by atoms with van der Waals surface area (Å²) in [5, 5.41) is 11.8. The van der Waals surface area contributed by atoms with E-state index in [1.807, 2.05) is 0 Å². The zero-order chi connectivity index (χ0) is 21.8. The van der Waals surface area contributed by atoms with Crippen LogP contribution in [0.1, 0.15) is 5.56 Å². The highest BCUT2D eigenvalue weighted by Gasteiger charge is 2.31. The van der Waals surface area contributed by atoms with E-state index in [-0.39, 0.29) is 35.6 Å². The Morgan fingerprint density at radius 1 is 1.03 bits per heavy atom. The third kappa shape index (κ3) is 5.01. The number of hydrogen-bond donors (Lipinski definition) is 0. The summed E-state index contributed by atoms with van der Waals surface area (Å²) in [4.78, 5) is 11.2. The van der Waals surface area contributed by atoms with Gasteiger partial charge in [-0.1, -0.05) is 48.5 Å². The number of rotatable bonds is 9. The molecule has 1 heterocycles. The Labute approximate surface area is 179 Å². The average molecular weight is 440 g/mol. The maximum Gasteiger partial charge on any atom is 0.297 e. The van der Waals surface area contributed by atoms with Crippen molar-refractivity contribution in [1.29, 1.82) is 0 Å². The predicted octanol–water partition coefficient (Wildman–Crippen LogP) is 4.04. The molecule has 0 aliphatic carbocycles. The number of hydrogen-bond acceptors (Lipinski definition) is 6. The van der Waals surface area contributed by atoms with Gasteiger partial charge in [-0.3, -0.25) is 10.1 Å². The third-order valence-corrected chi connectivity index (χ3v) is 6.32. The topological polar surface area (TPSA) is 102 Å². The second-order valence-corrected chi connectivity index (χ2v) is 8.83. The van der Waals surface area contributed by atoms with Crippen molar-refractivity contribution < 1.29 is 22.8 Å². The Hall–Kier alpha value is -3.43. The average Bonchev–Trinajstić information content (AvgIpc) is 3.58. The molecule has 1 aliphatic rings. The minimum atomic E-state index is -4.00. The molecule has 160 valence electrons. The lowest BCUT2D eigenvalue weighted by molar-refractivity contribution is -0.384. The molecule has 1 aliphatic heterocycles. The van der Waals surface area contributed by atoms with Crippen LogP contribution in [0.2, 0.25) is 0 Å². The Balaban J connectivity index is 1.77. The normalized spacial score (nSPS) is 15.3. The van der Waals surface area contributed by atoms with E-state index in [0.717, 1.165) is 4.31 Å². The number of nitrogens with zero attached hydrogens (tertiary/aromatic N) is 2. The van der Waals surface area contributed by atoms with E-state index >= 15 is 0 Å². The maximum absolute atomic E-state index is 13.4. The summed E-state index contributed by atoms with van der Waals surface area (Å²) < 4.78 is 38.5. The van der Waals surface area contributed by atoms with Gasteiger partial charge in [0.1, 0.15) is 24.1 Å². The number of anilines is 2. The van der Waals surface area contributed by atoms with Gasteiger partial charge in [0.15, 0.2) is 0 Å². The zero-order valence-corrected chi connectivity index (χ0v) is 17.3. The molecule has 0 radical (unpaired) electrons. The molecule has 3 aromatic carbocycles. The van der Waals surface area contributed by atoms with Gasteiger partial charge in [0.2, 0.25) is 10.0 Å². The van der Waals surface area contributed by atoms with Gasteiger partial charge in [-0.15, -0.1) is 0 Å². The fourth-order valence-corrected chi connectivity index (χ4v) is 4.77. The number of benzene rings is 3. The summed E-state index contributed by atoms with van der Waals surface area (Å²) in [5.41, 5.74) is 0.467. The van der Waals surface area contributed by atoms with Crippen LogP contribution in [0, 0.1) is 10.1 Å². The Kier molecular flexibility index (Phi) is 5.88. The second kappa shape index (κ2) is 8.75. The molecule has 0 N–H and O–H groups in total. The van der Waals surface area contributed by atoms with Gasteiger partial charge in [-0.2, -0.15) is 0 Å². The standard InChI is InChI=1S/C22H20N2O6S/c25-24(26)22-13-19(29-14-20-15-30-20)11-12-21(22)23(18-9-5-2-6-10-18)31(27,28)16-17-7-3-1-4-8-17/h1-13,20H,14-16H2. The second-order valence-electron chi connectivity index (χ2n) is 7.02. The molecule has 0 amide bonds. The quantitative estimate of drug-likeness (QED) is 0.283. The number of ether oxygens (including phenoxy) is 2. The molecule has 1 saturated heterocycles. The first-order chi connectivity index (χ1) is 14.9. The third-order valence-electron chi connectivity index (χ3n) is 4.66. The van der Waals surface area contributed by atoms with Crippen molar-refractivity contribution >= 4 is 27.1 Å². The predicted molar refractivity (Wildman–Crippen MR) is 116 cm³/mol. The molecule has 0 saturated carbocycles. The van der Waals surface area contributed by atoms with Crippen LogP contribution in [-0.4, -0.2) is 32.7 Å². The van der Waals surface area contributed by atoms with Crippen molar-refractivity contribution in [3.05, 3.63) is 94.5 Å². The van der Waals surface area contributed by atoms with E-state index in [9.17, 15) is 18.5 Å².